The summed E-state index contributed by atoms with van der Waals surface area (Å²) >= 11 is 5.77. The molecule has 102 valence electrons. The van der Waals surface area contributed by atoms with Crippen molar-refractivity contribution in [1.82, 2.24) is 5.32 Å². The minimum atomic E-state index is -4.16. The third-order valence-electron chi connectivity index (χ3n) is 2.45. The van der Waals surface area contributed by atoms with Gasteiger partial charge >= 0.3 is 5.51 Å². The highest BCUT2D eigenvalue weighted by atomic mass is 35.5. The van der Waals surface area contributed by atoms with E-state index in [-0.39, 0.29) is 23.6 Å². The highest BCUT2D eigenvalue weighted by molar-refractivity contribution is 8.00. The molecule has 0 saturated carbocycles. The summed E-state index contributed by atoms with van der Waals surface area (Å²) in [6.45, 7) is 2.42. The van der Waals surface area contributed by atoms with E-state index in [0.717, 1.165) is 5.56 Å². The third kappa shape index (κ3) is 6.52. The Balaban J connectivity index is 2.37. The van der Waals surface area contributed by atoms with Gasteiger partial charge in [0.15, 0.2) is 0 Å². The van der Waals surface area contributed by atoms with Crippen LogP contribution >= 0.6 is 23.4 Å². The molecule has 0 radical (unpaired) electrons. The van der Waals surface area contributed by atoms with Crippen molar-refractivity contribution >= 4 is 23.4 Å². The lowest BCUT2D eigenvalue weighted by atomic mass is 10.2. The lowest BCUT2D eigenvalue weighted by molar-refractivity contribution is -0.0329. The number of rotatable bonds is 6. The molecule has 0 heterocycles. The fourth-order valence-electron chi connectivity index (χ4n) is 1.38. The van der Waals surface area contributed by atoms with E-state index < -0.39 is 5.51 Å². The van der Waals surface area contributed by atoms with E-state index >= 15 is 0 Å². The van der Waals surface area contributed by atoms with Crippen molar-refractivity contribution in [3.8, 4) is 0 Å². The maximum Gasteiger partial charge on any atom is 0.441 e. The summed E-state index contributed by atoms with van der Waals surface area (Å²) in [7, 11) is 0. The first kappa shape index (κ1) is 15.7. The second kappa shape index (κ2) is 7.26. The maximum atomic E-state index is 12.1. The zero-order chi connectivity index (χ0) is 13.6. The minimum Gasteiger partial charge on any atom is -0.309 e. The van der Waals surface area contributed by atoms with E-state index in [1.54, 1.807) is 12.1 Å². The Kier molecular flexibility index (Phi) is 6.32. The molecule has 0 amide bonds. The van der Waals surface area contributed by atoms with Crippen molar-refractivity contribution in [2.45, 2.75) is 31.4 Å². The van der Waals surface area contributed by atoms with Crippen LogP contribution in [0.25, 0.3) is 0 Å². The molecule has 0 aliphatic carbocycles. The zero-order valence-electron chi connectivity index (χ0n) is 9.93. The highest BCUT2D eigenvalue weighted by Gasteiger charge is 2.29. The largest absolute Gasteiger partial charge is 0.441 e. The first-order chi connectivity index (χ1) is 8.40. The van der Waals surface area contributed by atoms with Gasteiger partial charge in [0.25, 0.3) is 0 Å². The Labute approximate surface area is 114 Å². The maximum absolute atomic E-state index is 12.1. The van der Waals surface area contributed by atoms with Crippen LogP contribution in [-0.4, -0.2) is 17.3 Å². The molecule has 0 saturated heterocycles. The Bertz CT molecular complexity index is 353. The third-order valence-corrected chi connectivity index (χ3v) is 3.60. The van der Waals surface area contributed by atoms with E-state index in [4.69, 9.17) is 11.6 Å². The van der Waals surface area contributed by atoms with Crippen LogP contribution in [0.2, 0.25) is 5.02 Å². The van der Waals surface area contributed by atoms with Gasteiger partial charge in [-0.3, -0.25) is 0 Å². The van der Waals surface area contributed by atoms with Gasteiger partial charge in [0.05, 0.1) is 0 Å². The number of halogens is 4. The monoisotopic (exact) mass is 297 g/mol. The van der Waals surface area contributed by atoms with Crippen LogP contribution in [0.15, 0.2) is 24.3 Å². The molecule has 1 nitrogen and oxygen atoms in total. The molecule has 18 heavy (non-hydrogen) atoms. The van der Waals surface area contributed by atoms with Crippen molar-refractivity contribution in [3.05, 3.63) is 34.9 Å². The Hall–Kier alpha value is -0.390. The number of thioether (sulfide) groups is 1. The molecule has 0 aliphatic rings. The van der Waals surface area contributed by atoms with Crippen molar-refractivity contribution < 1.29 is 13.2 Å². The molecule has 1 unspecified atom stereocenters. The second-order valence-corrected chi connectivity index (χ2v) is 5.39. The molecule has 6 heteroatoms. The van der Waals surface area contributed by atoms with Gasteiger partial charge in [-0.25, -0.2) is 0 Å². The van der Waals surface area contributed by atoms with E-state index in [1.807, 2.05) is 19.1 Å². The van der Waals surface area contributed by atoms with Crippen molar-refractivity contribution in [1.29, 1.82) is 0 Å². The number of hydrogen-bond acceptors (Lipinski definition) is 2. The number of benzene rings is 1. The first-order valence-corrected chi connectivity index (χ1v) is 6.95. The second-order valence-electron chi connectivity index (χ2n) is 3.87. The predicted molar refractivity (Wildman–Crippen MR) is 70.9 cm³/mol. The van der Waals surface area contributed by atoms with Crippen LogP contribution in [0.4, 0.5) is 13.2 Å². The van der Waals surface area contributed by atoms with Crippen LogP contribution in [0.5, 0.6) is 0 Å². The molecule has 0 bridgehead atoms. The highest BCUT2D eigenvalue weighted by Crippen LogP contribution is 2.30. The fourth-order valence-corrected chi connectivity index (χ4v) is 2.25. The van der Waals surface area contributed by atoms with Gasteiger partial charge in [-0.1, -0.05) is 30.7 Å². The fraction of sp³-hybridized carbons (Fsp3) is 0.500. The van der Waals surface area contributed by atoms with Gasteiger partial charge < -0.3 is 5.32 Å². The lowest BCUT2D eigenvalue weighted by Gasteiger charge is -2.17. The molecule has 0 fully saturated rings. The van der Waals surface area contributed by atoms with Gasteiger partial charge in [-0.2, -0.15) is 13.2 Å². The quantitative estimate of drug-likeness (QED) is 0.832. The van der Waals surface area contributed by atoms with Gasteiger partial charge in [0, 0.05) is 23.4 Å². The number of nitrogens with one attached hydrogen (secondary N) is 1. The smallest absolute Gasteiger partial charge is 0.309 e. The Morgan fingerprint density at radius 2 is 1.89 bits per heavy atom. The van der Waals surface area contributed by atoms with Crippen molar-refractivity contribution in [2.24, 2.45) is 0 Å². The average Bonchev–Trinajstić information content (AvgIpc) is 2.30. The number of alkyl halides is 3. The van der Waals surface area contributed by atoms with Crippen LogP contribution in [-0.2, 0) is 6.54 Å². The van der Waals surface area contributed by atoms with Crippen LogP contribution in [0.3, 0.4) is 0 Å². The molecular formula is C12H15ClF3NS. The number of hydrogen-bond donors (Lipinski definition) is 1. The summed E-state index contributed by atoms with van der Waals surface area (Å²) in [4.78, 5) is 0. The van der Waals surface area contributed by atoms with Crippen LogP contribution in [0, 0.1) is 0 Å². The van der Waals surface area contributed by atoms with Crippen molar-refractivity contribution in [2.75, 3.05) is 5.75 Å². The normalized spacial score (nSPS) is 13.6. The minimum absolute atomic E-state index is 0.0202. The molecule has 0 spiro atoms. The topological polar surface area (TPSA) is 12.0 Å². The first-order valence-electron chi connectivity index (χ1n) is 5.59. The SMILES string of the molecule is CCC(CSC(F)(F)F)NCc1ccc(Cl)cc1. The van der Waals surface area contributed by atoms with E-state index in [2.05, 4.69) is 5.32 Å². The van der Waals surface area contributed by atoms with Gasteiger partial charge in [-0.05, 0) is 35.9 Å². The van der Waals surface area contributed by atoms with Gasteiger partial charge in [-0.15, -0.1) is 0 Å². The summed E-state index contributed by atoms with van der Waals surface area (Å²) in [6.07, 6.45) is 0.663. The van der Waals surface area contributed by atoms with Crippen molar-refractivity contribution in [3.63, 3.8) is 0 Å². The van der Waals surface area contributed by atoms with E-state index in [1.165, 1.54) is 0 Å². The Morgan fingerprint density at radius 3 is 2.39 bits per heavy atom. The molecule has 1 rings (SSSR count). The summed E-state index contributed by atoms with van der Waals surface area (Å²) in [5.41, 5.74) is -3.15. The van der Waals surface area contributed by atoms with E-state index in [9.17, 15) is 13.2 Å². The van der Waals surface area contributed by atoms with Gasteiger partial charge in [0.1, 0.15) is 0 Å². The molecule has 0 aliphatic heterocycles. The molecule has 1 atom stereocenters. The molecule has 1 aromatic rings. The van der Waals surface area contributed by atoms with Gasteiger partial charge in [0.2, 0.25) is 0 Å². The molecule has 0 aromatic heterocycles. The predicted octanol–water partition coefficient (Wildman–Crippen LogP) is 4.46. The Morgan fingerprint density at radius 1 is 1.28 bits per heavy atom. The zero-order valence-corrected chi connectivity index (χ0v) is 11.5. The van der Waals surface area contributed by atoms with E-state index in [0.29, 0.717) is 18.0 Å². The lowest BCUT2D eigenvalue weighted by Crippen LogP contribution is -2.31. The molecule has 1 N–H and O–H groups in total. The summed E-state index contributed by atoms with van der Waals surface area (Å²) in [6, 6.07) is 7.11. The molecular weight excluding hydrogens is 283 g/mol. The average molecular weight is 298 g/mol. The van der Waals surface area contributed by atoms with Crippen LogP contribution in [0.1, 0.15) is 18.9 Å². The molecule has 1 aromatic carbocycles. The standard InChI is InChI=1S/C12H15ClF3NS/c1-2-11(8-18-12(14,15)16)17-7-9-3-5-10(13)6-4-9/h3-6,11,17H,2,7-8H2,1H3. The summed E-state index contributed by atoms with van der Waals surface area (Å²) < 4.78 is 36.2. The summed E-state index contributed by atoms with van der Waals surface area (Å²) in [5.74, 6) is 0.0353. The summed E-state index contributed by atoms with van der Waals surface area (Å²) in [5, 5.41) is 3.77. The van der Waals surface area contributed by atoms with Crippen LogP contribution < -0.4 is 5.32 Å².